The van der Waals surface area contributed by atoms with E-state index in [0.29, 0.717) is 30.0 Å². The molecule has 1 aliphatic rings. The van der Waals surface area contributed by atoms with E-state index in [1.807, 2.05) is 18.2 Å². The zero-order chi connectivity index (χ0) is 19.8. The molecule has 0 spiro atoms. The number of methoxy groups -OCH3 is 2. The summed E-state index contributed by atoms with van der Waals surface area (Å²) < 4.78 is 10.6. The van der Waals surface area contributed by atoms with E-state index >= 15 is 0 Å². The number of nitrogens with zero attached hydrogens (tertiary/aromatic N) is 2. The Balaban J connectivity index is 1.60. The van der Waals surface area contributed by atoms with Gasteiger partial charge in [0.15, 0.2) is 17.5 Å². The number of guanidine groups is 1. The van der Waals surface area contributed by atoms with Crippen molar-refractivity contribution in [3.8, 4) is 11.5 Å². The smallest absolute Gasteiger partial charge is 0.193 e. The van der Waals surface area contributed by atoms with Crippen LogP contribution in [0.5, 0.6) is 11.5 Å². The summed E-state index contributed by atoms with van der Waals surface area (Å²) in [5, 5.41) is 3.15. The van der Waals surface area contributed by atoms with Crippen molar-refractivity contribution in [2.24, 2.45) is 10.7 Å². The molecule has 0 saturated carbocycles. The Bertz CT molecular complexity index is 779. The van der Waals surface area contributed by atoms with Crippen LogP contribution >= 0.6 is 0 Å². The maximum absolute atomic E-state index is 6.13. The predicted octanol–water partition coefficient (Wildman–Crippen LogP) is 3.49. The lowest BCUT2D eigenvalue weighted by Crippen LogP contribution is -2.41. The van der Waals surface area contributed by atoms with Crippen LogP contribution in [0.1, 0.15) is 24.8 Å². The van der Waals surface area contributed by atoms with Crippen molar-refractivity contribution in [2.45, 2.75) is 31.8 Å². The van der Waals surface area contributed by atoms with Gasteiger partial charge in [0.05, 0.1) is 20.8 Å². The Morgan fingerprint density at radius 2 is 1.89 bits per heavy atom. The highest BCUT2D eigenvalue weighted by atomic mass is 16.5. The number of likely N-dealkylation sites (tertiary alicyclic amines) is 1. The third-order valence-corrected chi connectivity index (χ3v) is 5.11. The van der Waals surface area contributed by atoms with E-state index in [1.165, 1.54) is 18.4 Å². The molecule has 6 nitrogen and oxygen atoms in total. The molecule has 150 valence electrons. The second-order valence-corrected chi connectivity index (χ2v) is 7.03. The molecule has 1 saturated heterocycles. The van der Waals surface area contributed by atoms with E-state index in [1.54, 1.807) is 14.2 Å². The fourth-order valence-electron chi connectivity index (χ4n) is 3.60. The number of anilines is 1. The normalized spacial score (nSPS) is 17.9. The monoisotopic (exact) mass is 382 g/mol. The first kappa shape index (κ1) is 20.0. The minimum absolute atomic E-state index is 0.414. The molecule has 1 fully saturated rings. The molecule has 2 aromatic rings. The summed E-state index contributed by atoms with van der Waals surface area (Å²) in [6.07, 6.45) is 3.64. The van der Waals surface area contributed by atoms with Crippen LogP contribution in [-0.2, 0) is 6.54 Å². The molecule has 0 aliphatic carbocycles. The molecule has 0 amide bonds. The number of ether oxygens (including phenoxy) is 2. The van der Waals surface area contributed by atoms with Crippen molar-refractivity contribution >= 4 is 11.6 Å². The fraction of sp³-hybridized carbons (Fsp3) is 0.409. The first-order valence-corrected chi connectivity index (χ1v) is 9.76. The summed E-state index contributed by atoms with van der Waals surface area (Å²) in [7, 11) is 3.23. The molecule has 1 aliphatic heterocycles. The van der Waals surface area contributed by atoms with Crippen LogP contribution in [0, 0.1) is 0 Å². The van der Waals surface area contributed by atoms with Gasteiger partial charge in [-0.15, -0.1) is 0 Å². The van der Waals surface area contributed by atoms with E-state index in [2.05, 4.69) is 45.5 Å². The van der Waals surface area contributed by atoms with Crippen LogP contribution in [0.3, 0.4) is 0 Å². The van der Waals surface area contributed by atoms with Gasteiger partial charge in [-0.3, -0.25) is 9.89 Å². The molecule has 1 atom stereocenters. The molecule has 6 heteroatoms. The topological polar surface area (TPSA) is 72.1 Å². The molecule has 0 bridgehead atoms. The van der Waals surface area contributed by atoms with Crippen LogP contribution in [0.2, 0.25) is 0 Å². The quantitative estimate of drug-likeness (QED) is 0.567. The number of aliphatic imine (C=N–C) groups is 1. The predicted molar refractivity (Wildman–Crippen MR) is 114 cm³/mol. The van der Waals surface area contributed by atoms with Crippen molar-refractivity contribution < 1.29 is 9.47 Å². The summed E-state index contributed by atoms with van der Waals surface area (Å²) in [6, 6.07) is 16.6. The number of hydrogen-bond donors (Lipinski definition) is 2. The van der Waals surface area contributed by atoms with E-state index in [4.69, 9.17) is 15.2 Å². The maximum Gasteiger partial charge on any atom is 0.193 e. The average Bonchev–Trinajstić information content (AvgIpc) is 2.73. The largest absolute Gasteiger partial charge is 0.493 e. The van der Waals surface area contributed by atoms with Crippen molar-refractivity contribution in [3.63, 3.8) is 0 Å². The van der Waals surface area contributed by atoms with E-state index in [9.17, 15) is 0 Å². The summed E-state index contributed by atoms with van der Waals surface area (Å²) in [5.41, 5.74) is 8.30. The van der Waals surface area contributed by atoms with Gasteiger partial charge in [-0.1, -0.05) is 36.8 Å². The van der Waals surface area contributed by atoms with Crippen molar-refractivity contribution in [1.29, 1.82) is 0 Å². The molecule has 28 heavy (non-hydrogen) atoms. The SMILES string of the molecule is COc1ccc(NC(N)=NCC2CCCCN2Cc2ccccc2)cc1OC. The second kappa shape index (κ2) is 9.99. The lowest BCUT2D eigenvalue weighted by atomic mass is 10.0. The third-order valence-electron chi connectivity index (χ3n) is 5.11. The van der Waals surface area contributed by atoms with E-state index in [-0.39, 0.29) is 0 Å². The van der Waals surface area contributed by atoms with Gasteiger partial charge in [0.25, 0.3) is 0 Å². The number of benzene rings is 2. The third kappa shape index (κ3) is 5.39. The zero-order valence-corrected chi connectivity index (χ0v) is 16.7. The average molecular weight is 383 g/mol. The maximum atomic E-state index is 6.13. The summed E-state index contributed by atoms with van der Waals surface area (Å²) in [6.45, 7) is 2.76. The van der Waals surface area contributed by atoms with Crippen LogP contribution in [0.4, 0.5) is 5.69 Å². The highest BCUT2D eigenvalue weighted by Crippen LogP contribution is 2.29. The Hall–Kier alpha value is -2.73. The van der Waals surface area contributed by atoms with E-state index < -0.39 is 0 Å². The van der Waals surface area contributed by atoms with Crippen molar-refractivity contribution in [3.05, 3.63) is 54.1 Å². The van der Waals surface area contributed by atoms with Crippen molar-refractivity contribution in [1.82, 2.24) is 4.90 Å². The Kier molecular flexibility index (Phi) is 7.14. The van der Waals surface area contributed by atoms with Crippen LogP contribution < -0.4 is 20.5 Å². The highest BCUT2D eigenvalue weighted by Gasteiger charge is 2.22. The minimum atomic E-state index is 0.414. The molecule has 1 unspecified atom stereocenters. The van der Waals surface area contributed by atoms with Crippen LogP contribution in [0.25, 0.3) is 0 Å². The molecule has 1 heterocycles. The van der Waals surface area contributed by atoms with Crippen molar-refractivity contribution in [2.75, 3.05) is 32.6 Å². The lowest BCUT2D eigenvalue weighted by molar-refractivity contribution is 0.145. The van der Waals surface area contributed by atoms with Gasteiger partial charge in [0, 0.05) is 24.3 Å². The molecular weight excluding hydrogens is 352 g/mol. The molecule has 0 radical (unpaired) electrons. The summed E-state index contributed by atoms with van der Waals surface area (Å²) in [4.78, 5) is 7.12. The molecular formula is C22H30N4O2. The standard InChI is InChI=1S/C22H30N4O2/c1-27-20-12-11-18(14-21(20)28-2)25-22(23)24-15-19-10-6-7-13-26(19)16-17-8-4-3-5-9-17/h3-5,8-9,11-12,14,19H,6-7,10,13,15-16H2,1-2H3,(H3,23,24,25). The number of hydrogen-bond acceptors (Lipinski definition) is 4. The van der Waals surface area contributed by atoms with Gasteiger partial charge >= 0.3 is 0 Å². The molecule has 3 N–H and O–H groups in total. The molecule has 3 rings (SSSR count). The molecule has 2 aromatic carbocycles. The highest BCUT2D eigenvalue weighted by molar-refractivity contribution is 5.92. The minimum Gasteiger partial charge on any atom is -0.493 e. The van der Waals surface area contributed by atoms with Gasteiger partial charge in [-0.05, 0) is 37.1 Å². The first-order valence-electron chi connectivity index (χ1n) is 9.76. The number of rotatable bonds is 7. The van der Waals surface area contributed by atoms with Gasteiger partial charge in [-0.2, -0.15) is 0 Å². The second-order valence-electron chi connectivity index (χ2n) is 7.03. The van der Waals surface area contributed by atoms with Gasteiger partial charge in [-0.25, -0.2) is 0 Å². The van der Waals surface area contributed by atoms with Gasteiger partial charge < -0.3 is 20.5 Å². The summed E-state index contributed by atoms with van der Waals surface area (Å²) in [5.74, 6) is 1.75. The zero-order valence-electron chi connectivity index (χ0n) is 16.7. The van der Waals surface area contributed by atoms with Crippen LogP contribution in [0.15, 0.2) is 53.5 Å². The lowest BCUT2D eigenvalue weighted by Gasteiger charge is -2.35. The van der Waals surface area contributed by atoms with Gasteiger partial charge in [0.2, 0.25) is 0 Å². The number of piperidine rings is 1. The Labute approximate surface area is 167 Å². The van der Waals surface area contributed by atoms with E-state index in [0.717, 1.165) is 25.2 Å². The van der Waals surface area contributed by atoms with Crippen LogP contribution in [-0.4, -0.2) is 44.2 Å². The number of nitrogens with one attached hydrogen (secondary N) is 1. The molecule has 0 aromatic heterocycles. The fourth-order valence-corrected chi connectivity index (χ4v) is 3.60. The Morgan fingerprint density at radius 1 is 1.11 bits per heavy atom. The van der Waals surface area contributed by atoms with Gasteiger partial charge in [0.1, 0.15) is 0 Å². The Morgan fingerprint density at radius 3 is 2.64 bits per heavy atom. The first-order chi connectivity index (χ1) is 13.7. The number of nitrogens with two attached hydrogens (primary N) is 1. The summed E-state index contributed by atoms with van der Waals surface area (Å²) >= 11 is 0.